The molecule has 1 aromatic rings. The molecule has 0 N–H and O–H groups in total. The Balaban J connectivity index is 3.04. The van der Waals surface area contributed by atoms with Gasteiger partial charge in [-0.25, -0.2) is 0 Å². The van der Waals surface area contributed by atoms with Crippen LogP contribution >= 0.6 is 15.9 Å². The van der Waals surface area contributed by atoms with Crippen LogP contribution in [0.4, 0.5) is 0 Å². The van der Waals surface area contributed by atoms with Gasteiger partial charge in [-0.2, -0.15) is 0 Å². The van der Waals surface area contributed by atoms with Gasteiger partial charge >= 0.3 is 0 Å². The predicted octanol–water partition coefficient (Wildman–Crippen LogP) is -0.535. The van der Waals surface area contributed by atoms with E-state index in [-0.39, 0.29) is 0 Å². The number of carbonyl (C=O) groups is 2. The lowest BCUT2D eigenvalue weighted by Crippen LogP contribution is -2.36. The van der Waals surface area contributed by atoms with Gasteiger partial charge in [0, 0.05) is 10.9 Å². The molecule has 1 rings (SSSR count). The summed E-state index contributed by atoms with van der Waals surface area (Å²) >= 11 is 3.26. The zero-order valence-electron chi connectivity index (χ0n) is 8.10. The van der Waals surface area contributed by atoms with Gasteiger partial charge in [0.05, 0.1) is 11.9 Å². The van der Waals surface area contributed by atoms with Crippen molar-refractivity contribution in [2.45, 2.75) is 5.33 Å². The summed E-state index contributed by atoms with van der Waals surface area (Å²) < 4.78 is 0. The van der Waals surface area contributed by atoms with Crippen molar-refractivity contribution < 1.29 is 19.8 Å². The van der Waals surface area contributed by atoms with Gasteiger partial charge in [-0.1, -0.05) is 40.2 Å². The summed E-state index contributed by atoms with van der Waals surface area (Å²) in [4.78, 5) is 20.9. The second kappa shape index (κ2) is 5.46. The number of carboxylic acid groups (broad SMARTS) is 2. The van der Waals surface area contributed by atoms with E-state index in [0.717, 1.165) is 11.6 Å². The van der Waals surface area contributed by atoms with E-state index in [9.17, 15) is 19.8 Å². The van der Waals surface area contributed by atoms with Gasteiger partial charge in [0.25, 0.3) is 0 Å². The third-order valence-corrected chi connectivity index (χ3v) is 2.53. The predicted molar refractivity (Wildman–Crippen MR) is 57.1 cm³/mol. The molecule has 16 heavy (non-hydrogen) atoms. The van der Waals surface area contributed by atoms with E-state index in [0.29, 0.717) is 10.9 Å². The Labute approximate surface area is 100 Å². The average Bonchev–Trinajstić information content (AvgIpc) is 2.25. The van der Waals surface area contributed by atoms with Crippen molar-refractivity contribution in [3.8, 4) is 0 Å². The Morgan fingerprint density at radius 3 is 2.00 bits per heavy atom. The molecule has 0 bridgehead atoms. The largest absolute Gasteiger partial charge is 0.545 e. The van der Waals surface area contributed by atoms with E-state index in [2.05, 4.69) is 15.9 Å². The molecule has 0 saturated carbocycles. The molecule has 0 aliphatic rings. The fourth-order valence-electron chi connectivity index (χ4n) is 1.07. The molecule has 0 atom stereocenters. The number of carboxylic acids is 2. The third kappa shape index (κ3) is 3.20. The van der Waals surface area contributed by atoms with Crippen LogP contribution in [0.1, 0.15) is 11.1 Å². The molecule has 0 aliphatic heterocycles. The second-order valence-electron chi connectivity index (χ2n) is 3.01. The summed E-state index contributed by atoms with van der Waals surface area (Å²) in [6.07, 6.45) is 1.00. The van der Waals surface area contributed by atoms with Crippen LogP contribution in [0, 0.1) is 0 Å². The molecular weight excluding hydrogens is 276 g/mol. The molecule has 0 fully saturated rings. The molecule has 0 heterocycles. The molecule has 0 unspecified atom stereocenters. The Kier molecular flexibility index (Phi) is 4.25. The summed E-state index contributed by atoms with van der Waals surface area (Å²) in [5.41, 5.74) is 0.597. The summed E-state index contributed by atoms with van der Waals surface area (Å²) in [6.45, 7) is 0. The van der Waals surface area contributed by atoms with Crippen LogP contribution in [0.3, 0.4) is 0 Å². The number of rotatable bonds is 4. The van der Waals surface area contributed by atoms with Gasteiger partial charge in [0.15, 0.2) is 0 Å². The van der Waals surface area contributed by atoms with Crippen LogP contribution in [0.2, 0.25) is 0 Å². The number of benzene rings is 1. The molecule has 0 amide bonds. The van der Waals surface area contributed by atoms with Crippen molar-refractivity contribution in [2.75, 3.05) is 0 Å². The lowest BCUT2D eigenvalue weighted by molar-refractivity contribution is -0.311. The van der Waals surface area contributed by atoms with Gasteiger partial charge in [-0.05, 0) is 17.2 Å². The highest BCUT2D eigenvalue weighted by Gasteiger charge is 2.00. The zero-order chi connectivity index (χ0) is 12.1. The van der Waals surface area contributed by atoms with E-state index in [1.807, 2.05) is 0 Å². The summed E-state index contributed by atoms with van der Waals surface area (Å²) in [5, 5.41) is 21.6. The lowest BCUT2D eigenvalue weighted by atomic mass is 10.1. The first-order chi connectivity index (χ1) is 7.54. The SMILES string of the molecule is O=C([O-])C(=Cc1ccc(CBr)cc1)C(=O)[O-]. The maximum atomic E-state index is 10.5. The average molecular weight is 283 g/mol. The highest BCUT2D eigenvalue weighted by molar-refractivity contribution is 9.08. The highest BCUT2D eigenvalue weighted by atomic mass is 79.9. The first kappa shape index (κ1) is 12.4. The minimum Gasteiger partial charge on any atom is -0.545 e. The normalized spacial score (nSPS) is 9.56. The maximum Gasteiger partial charge on any atom is 0.0733 e. The smallest absolute Gasteiger partial charge is 0.0733 e. The first-order valence-corrected chi connectivity index (χ1v) is 5.46. The van der Waals surface area contributed by atoms with Crippen LogP contribution in [-0.4, -0.2) is 11.9 Å². The van der Waals surface area contributed by atoms with Gasteiger partial charge in [0.2, 0.25) is 0 Å². The van der Waals surface area contributed by atoms with E-state index in [1.54, 1.807) is 24.3 Å². The highest BCUT2D eigenvalue weighted by Crippen LogP contribution is 2.10. The molecular formula is C11H7BrO4-2. The van der Waals surface area contributed by atoms with Crippen molar-refractivity contribution in [1.29, 1.82) is 0 Å². The summed E-state index contributed by atoms with van der Waals surface area (Å²) in [6, 6.07) is 6.73. The van der Waals surface area contributed by atoms with Crippen LogP contribution in [0.25, 0.3) is 6.08 Å². The van der Waals surface area contributed by atoms with Crippen molar-refractivity contribution in [3.63, 3.8) is 0 Å². The molecule has 0 saturated heterocycles. The zero-order valence-corrected chi connectivity index (χ0v) is 9.69. The first-order valence-electron chi connectivity index (χ1n) is 4.34. The number of carbonyl (C=O) groups excluding carboxylic acids is 2. The minimum absolute atomic E-state index is 0.466. The molecule has 4 nitrogen and oxygen atoms in total. The number of aliphatic carboxylic acids is 2. The van der Waals surface area contributed by atoms with Crippen molar-refractivity contribution in [3.05, 3.63) is 41.0 Å². The monoisotopic (exact) mass is 282 g/mol. The lowest BCUT2D eigenvalue weighted by Gasteiger charge is -2.09. The summed E-state index contributed by atoms with van der Waals surface area (Å²) in [5.74, 6) is -3.52. The third-order valence-electron chi connectivity index (χ3n) is 1.88. The molecule has 84 valence electrons. The molecule has 0 spiro atoms. The van der Waals surface area contributed by atoms with Crippen LogP contribution in [0.5, 0.6) is 0 Å². The van der Waals surface area contributed by atoms with Gasteiger partial charge < -0.3 is 19.8 Å². The number of hydrogen-bond acceptors (Lipinski definition) is 4. The fraction of sp³-hybridized carbons (Fsp3) is 0.0909. The second-order valence-corrected chi connectivity index (χ2v) is 3.57. The molecule has 0 aromatic heterocycles. The van der Waals surface area contributed by atoms with Crippen LogP contribution < -0.4 is 10.2 Å². The Morgan fingerprint density at radius 2 is 1.62 bits per heavy atom. The van der Waals surface area contributed by atoms with E-state index in [1.165, 1.54) is 0 Å². The Hall–Kier alpha value is -1.62. The van der Waals surface area contributed by atoms with E-state index in [4.69, 9.17) is 0 Å². The van der Waals surface area contributed by atoms with Crippen molar-refractivity contribution in [1.82, 2.24) is 0 Å². The van der Waals surface area contributed by atoms with E-state index >= 15 is 0 Å². The minimum atomic E-state index is -1.76. The standard InChI is InChI=1S/C11H9BrO4/c12-6-8-3-1-7(2-4-8)5-9(10(13)14)11(15)16/h1-5H,6H2,(H,13,14)(H,15,16)/p-2. The van der Waals surface area contributed by atoms with Gasteiger partial charge in [-0.3, -0.25) is 0 Å². The van der Waals surface area contributed by atoms with Gasteiger partial charge in [-0.15, -0.1) is 0 Å². The summed E-state index contributed by atoms with van der Waals surface area (Å²) in [7, 11) is 0. The van der Waals surface area contributed by atoms with E-state index < -0.39 is 17.5 Å². The van der Waals surface area contributed by atoms with Gasteiger partial charge in [0.1, 0.15) is 0 Å². The quantitative estimate of drug-likeness (QED) is 0.322. The Bertz CT molecular complexity index is 418. The topological polar surface area (TPSA) is 80.3 Å². The molecule has 1 aromatic carbocycles. The van der Waals surface area contributed by atoms with Crippen molar-refractivity contribution in [2.24, 2.45) is 0 Å². The number of halogens is 1. The van der Waals surface area contributed by atoms with Crippen LogP contribution in [0.15, 0.2) is 29.8 Å². The van der Waals surface area contributed by atoms with Crippen LogP contribution in [-0.2, 0) is 14.9 Å². The number of alkyl halides is 1. The molecule has 0 aliphatic carbocycles. The molecule has 0 radical (unpaired) electrons. The number of hydrogen-bond donors (Lipinski definition) is 0. The maximum absolute atomic E-state index is 10.5. The molecule has 5 heteroatoms. The Morgan fingerprint density at radius 1 is 1.12 bits per heavy atom. The fourth-order valence-corrected chi connectivity index (χ4v) is 1.44. The van der Waals surface area contributed by atoms with Crippen molar-refractivity contribution >= 4 is 33.9 Å².